The summed E-state index contributed by atoms with van der Waals surface area (Å²) in [6.07, 6.45) is 1.33. The largest absolute Gasteiger partial charge is 0.341 e. The third kappa shape index (κ3) is 3.19. The Morgan fingerprint density at radius 3 is 2.71 bits per heavy atom. The van der Waals surface area contributed by atoms with Crippen LogP contribution in [-0.4, -0.2) is 46.8 Å². The van der Waals surface area contributed by atoms with E-state index in [4.69, 9.17) is 0 Å². The molecular weight excluding hydrogens is 307 g/mol. The Kier molecular flexibility index (Phi) is 4.66. The number of rotatable bonds is 4. The first-order valence-electron chi connectivity index (χ1n) is 8.25. The average Bonchev–Trinajstić information content (AvgIpc) is 3.19. The van der Waals surface area contributed by atoms with Gasteiger partial charge in [-0.1, -0.05) is 0 Å². The molecule has 1 atom stereocenters. The Hall–Kier alpha value is -2.21. The van der Waals surface area contributed by atoms with Crippen LogP contribution in [0.5, 0.6) is 0 Å². The second-order valence-corrected chi connectivity index (χ2v) is 6.37. The zero-order valence-electron chi connectivity index (χ0n) is 14.3. The van der Waals surface area contributed by atoms with Crippen molar-refractivity contribution in [2.45, 2.75) is 32.7 Å². The van der Waals surface area contributed by atoms with E-state index in [-0.39, 0.29) is 17.8 Å². The molecule has 1 N–H and O–H groups in total. The van der Waals surface area contributed by atoms with Gasteiger partial charge in [0, 0.05) is 30.9 Å². The lowest BCUT2D eigenvalue weighted by atomic mass is 10.1. The van der Waals surface area contributed by atoms with Crippen LogP contribution >= 0.6 is 0 Å². The standard InChI is InChI=1S/C18H23FN4O/c1-12-17(10-18(24)22(3)16-8-9-20-11-16)13(2)23(21-12)15-6-4-14(19)5-7-15/h4-7,16,20H,8-11H2,1-3H3/t16-/m0/s1. The number of hydrogen-bond donors (Lipinski definition) is 1. The van der Waals surface area contributed by atoms with E-state index in [1.54, 1.807) is 16.8 Å². The molecule has 1 aliphatic rings. The molecule has 1 saturated heterocycles. The molecule has 0 aliphatic carbocycles. The van der Waals surface area contributed by atoms with Gasteiger partial charge in [-0.25, -0.2) is 9.07 Å². The van der Waals surface area contributed by atoms with Gasteiger partial charge in [0.25, 0.3) is 0 Å². The first-order chi connectivity index (χ1) is 11.5. The van der Waals surface area contributed by atoms with Crippen LogP contribution in [0.25, 0.3) is 5.69 Å². The molecule has 128 valence electrons. The second kappa shape index (κ2) is 6.73. The number of benzene rings is 1. The maximum Gasteiger partial charge on any atom is 0.227 e. The molecule has 2 aromatic rings. The predicted octanol–water partition coefficient (Wildman–Crippen LogP) is 1.99. The van der Waals surface area contributed by atoms with Crippen molar-refractivity contribution in [1.82, 2.24) is 20.0 Å². The van der Waals surface area contributed by atoms with Crippen molar-refractivity contribution in [1.29, 1.82) is 0 Å². The van der Waals surface area contributed by atoms with Crippen LogP contribution in [0.1, 0.15) is 23.4 Å². The van der Waals surface area contributed by atoms with E-state index >= 15 is 0 Å². The minimum Gasteiger partial charge on any atom is -0.341 e. The number of hydrogen-bond acceptors (Lipinski definition) is 3. The van der Waals surface area contributed by atoms with E-state index in [2.05, 4.69) is 10.4 Å². The average molecular weight is 330 g/mol. The third-order valence-corrected chi connectivity index (χ3v) is 4.82. The topological polar surface area (TPSA) is 50.2 Å². The van der Waals surface area contributed by atoms with Gasteiger partial charge in [0.05, 0.1) is 17.8 Å². The zero-order chi connectivity index (χ0) is 17.3. The molecule has 1 amide bonds. The summed E-state index contributed by atoms with van der Waals surface area (Å²) in [6.45, 7) is 5.67. The number of carbonyl (C=O) groups is 1. The molecule has 1 aromatic heterocycles. The highest BCUT2D eigenvalue weighted by atomic mass is 19.1. The van der Waals surface area contributed by atoms with E-state index in [1.807, 2.05) is 25.8 Å². The summed E-state index contributed by atoms with van der Waals surface area (Å²) in [5.41, 5.74) is 3.50. The maximum absolute atomic E-state index is 13.1. The molecule has 1 aromatic carbocycles. The van der Waals surface area contributed by atoms with Gasteiger partial charge in [0.15, 0.2) is 0 Å². The van der Waals surface area contributed by atoms with Crippen LogP contribution < -0.4 is 5.32 Å². The summed E-state index contributed by atoms with van der Waals surface area (Å²) < 4.78 is 14.9. The van der Waals surface area contributed by atoms with Crippen LogP contribution in [0, 0.1) is 19.7 Å². The molecule has 2 heterocycles. The molecule has 6 heteroatoms. The van der Waals surface area contributed by atoms with Gasteiger partial charge < -0.3 is 10.2 Å². The lowest BCUT2D eigenvalue weighted by Crippen LogP contribution is -2.39. The van der Waals surface area contributed by atoms with Crippen LogP contribution in [0.2, 0.25) is 0 Å². The summed E-state index contributed by atoms with van der Waals surface area (Å²) >= 11 is 0. The Morgan fingerprint density at radius 1 is 1.38 bits per heavy atom. The number of aromatic nitrogens is 2. The molecule has 0 unspecified atom stereocenters. The summed E-state index contributed by atoms with van der Waals surface area (Å²) in [5, 5.41) is 7.82. The molecule has 24 heavy (non-hydrogen) atoms. The SMILES string of the molecule is Cc1nn(-c2ccc(F)cc2)c(C)c1CC(=O)N(C)[C@H]1CCNC1. The smallest absolute Gasteiger partial charge is 0.227 e. The van der Waals surface area contributed by atoms with Crippen molar-refractivity contribution < 1.29 is 9.18 Å². The minimum absolute atomic E-state index is 0.105. The first kappa shape index (κ1) is 16.6. The van der Waals surface area contributed by atoms with Gasteiger partial charge in [-0.05, 0) is 51.1 Å². The van der Waals surface area contributed by atoms with Gasteiger partial charge >= 0.3 is 0 Å². The molecular formula is C18H23FN4O. The van der Waals surface area contributed by atoms with Crippen LogP contribution in [0.15, 0.2) is 24.3 Å². The number of likely N-dealkylation sites (N-methyl/N-ethyl adjacent to an activating group) is 1. The summed E-state index contributed by atoms with van der Waals surface area (Å²) in [6, 6.07) is 6.48. The van der Waals surface area contributed by atoms with Gasteiger partial charge in [-0.3, -0.25) is 4.79 Å². The lowest BCUT2D eigenvalue weighted by molar-refractivity contribution is -0.130. The van der Waals surface area contributed by atoms with E-state index in [1.165, 1.54) is 12.1 Å². The Bertz CT molecular complexity index is 732. The van der Waals surface area contributed by atoms with Crippen molar-refractivity contribution in [3.63, 3.8) is 0 Å². The van der Waals surface area contributed by atoms with Crippen LogP contribution in [0.3, 0.4) is 0 Å². The Balaban J connectivity index is 1.81. The monoisotopic (exact) mass is 330 g/mol. The summed E-state index contributed by atoms with van der Waals surface area (Å²) in [4.78, 5) is 14.4. The molecule has 3 rings (SSSR count). The third-order valence-electron chi connectivity index (χ3n) is 4.82. The first-order valence-corrected chi connectivity index (χ1v) is 8.25. The number of aryl methyl sites for hydroxylation is 1. The quantitative estimate of drug-likeness (QED) is 0.933. The predicted molar refractivity (Wildman–Crippen MR) is 90.7 cm³/mol. The fourth-order valence-corrected chi connectivity index (χ4v) is 3.21. The van der Waals surface area contributed by atoms with Crippen molar-refractivity contribution in [2.24, 2.45) is 0 Å². The highest BCUT2D eigenvalue weighted by molar-refractivity contribution is 5.79. The molecule has 0 radical (unpaired) electrons. The van der Waals surface area contributed by atoms with Gasteiger partial charge in [-0.2, -0.15) is 5.10 Å². The van der Waals surface area contributed by atoms with Crippen molar-refractivity contribution >= 4 is 5.91 Å². The number of nitrogens with one attached hydrogen (secondary N) is 1. The van der Waals surface area contributed by atoms with E-state index in [0.717, 1.165) is 42.1 Å². The van der Waals surface area contributed by atoms with Crippen LogP contribution in [-0.2, 0) is 11.2 Å². The van der Waals surface area contributed by atoms with E-state index in [9.17, 15) is 9.18 Å². The maximum atomic E-state index is 13.1. The fraction of sp³-hybridized carbons (Fsp3) is 0.444. The van der Waals surface area contributed by atoms with Gasteiger partial charge in [-0.15, -0.1) is 0 Å². The van der Waals surface area contributed by atoms with Crippen LogP contribution in [0.4, 0.5) is 4.39 Å². The number of carbonyl (C=O) groups excluding carboxylic acids is 1. The number of amides is 1. The van der Waals surface area contributed by atoms with E-state index < -0.39 is 0 Å². The lowest BCUT2D eigenvalue weighted by Gasteiger charge is -2.23. The molecule has 1 fully saturated rings. The van der Waals surface area contributed by atoms with Crippen molar-refractivity contribution in [3.8, 4) is 5.69 Å². The highest BCUT2D eigenvalue weighted by Gasteiger charge is 2.25. The Morgan fingerprint density at radius 2 is 2.08 bits per heavy atom. The molecule has 1 aliphatic heterocycles. The summed E-state index contributed by atoms with van der Waals surface area (Å²) in [5.74, 6) is -0.170. The molecule has 0 spiro atoms. The summed E-state index contributed by atoms with van der Waals surface area (Å²) in [7, 11) is 1.87. The molecule has 0 saturated carbocycles. The van der Waals surface area contributed by atoms with Crippen molar-refractivity contribution in [3.05, 3.63) is 47.0 Å². The van der Waals surface area contributed by atoms with Gasteiger partial charge in [0.1, 0.15) is 5.82 Å². The Labute approximate surface area is 141 Å². The normalized spacial score (nSPS) is 17.2. The molecule has 5 nitrogen and oxygen atoms in total. The fourth-order valence-electron chi connectivity index (χ4n) is 3.21. The van der Waals surface area contributed by atoms with E-state index in [0.29, 0.717) is 6.42 Å². The number of nitrogens with zero attached hydrogens (tertiary/aromatic N) is 3. The minimum atomic E-state index is -0.275. The second-order valence-electron chi connectivity index (χ2n) is 6.37. The van der Waals surface area contributed by atoms with Crippen molar-refractivity contribution in [2.75, 3.05) is 20.1 Å². The van der Waals surface area contributed by atoms with Gasteiger partial charge in [0.2, 0.25) is 5.91 Å². The zero-order valence-corrected chi connectivity index (χ0v) is 14.3. The molecule has 0 bridgehead atoms. The number of halogens is 1. The highest BCUT2D eigenvalue weighted by Crippen LogP contribution is 2.20.